The summed E-state index contributed by atoms with van der Waals surface area (Å²) in [6.07, 6.45) is 2.36. The molecule has 3 heterocycles. The second-order valence-corrected chi connectivity index (χ2v) is 10.9. The van der Waals surface area contributed by atoms with Crippen LogP contribution in [0.5, 0.6) is 0 Å². The predicted molar refractivity (Wildman–Crippen MR) is 173 cm³/mol. The van der Waals surface area contributed by atoms with E-state index in [1.807, 2.05) is 38.1 Å². The summed E-state index contributed by atoms with van der Waals surface area (Å²) in [6.45, 7) is 8.46. The maximum Gasteiger partial charge on any atom is 0.251 e. The number of carbonyl (C=O) groups excluding carboxylic acids is 3. The van der Waals surface area contributed by atoms with Gasteiger partial charge in [-0.15, -0.1) is 0 Å². The van der Waals surface area contributed by atoms with Crippen LogP contribution in [0.1, 0.15) is 50.9 Å². The van der Waals surface area contributed by atoms with Crippen LogP contribution in [0, 0.1) is 5.92 Å². The lowest BCUT2D eigenvalue weighted by atomic mass is 10.0. The summed E-state index contributed by atoms with van der Waals surface area (Å²) in [5, 5.41) is 2.95. The molecule has 40 heavy (non-hydrogen) atoms. The van der Waals surface area contributed by atoms with Crippen LogP contribution in [0.15, 0.2) is 24.3 Å². The Kier molecular flexibility index (Phi) is 14.4. The molecule has 9 nitrogen and oxygen atoms in total. The van der Waals surface area contributed by atoms with E-state index in [1.54, 1.807) is 12.0 Å². The van der Waals surface area contributed by atoms with E-state index < -0.39 is 18.2 Å². The van der Waals surface area contributed by atoms with Gasteiger partial charge in [0.25, 0.3) is 5.91 Å². The lowest BCUT2D eigenvalue weighted by Crippen LogP contribution is -2.52. The third-order valence-corrected chi connectivity index (χ3v) is 7.91. The SMILES string of the molecule is C.CO[C@@H]1CN(C(=O)[C@H](CC(C)C)NC(=O)c2ccc(N3CCN(C4CC4)CC3)cc2)[C@@H]2C(=O)CO[C@@H]21.S.S.S. The Morgan fingerprint density at radius 2 is 1.68 bits per heavy atom. The molecule has 0 unspecified atom stereocenters. The Morgan fingerprint density at radius 3 is 2.23 bits per heavy atom. The first-order chi connectivity index (χ1) is 17.4. The lowest BCUT2D eigenvalue weighted by Gasteiger charge is -2.36. The molecule has 0 spiro atoms. The third-order valence-electron chi connectivity index (χ3n) is 7.91. The highest BCUT2D eigenvalue weighted by Crippen LogP contribution is 2.31. The summed E-state index contributed by atoms with van der Waals surface area (Å²) in [4.78, 5) is 45.7. The molecule has 0 radical (unpaired) electrons. The molecular weight excluding hydrogens is 569 g/mol. The molecule has 5 rings (SSSR count). The molecule has 1 N–H and O–H groups in total. The smallest absolute Gasteiger partial charge is 0.251 e. The van der Waals surface area contributed by atoms with Crippen LogP contribution in [0.4, 0.5) is 5.69 Å². The van der Waals surface area contributed by atoms with Crippen LogP contribution < -0.4 is 10.2 Å². The van der Waals surface area contributed by atoms with Crippen LogP contribution in [0.3, 0.4) is 0 Å². The van der Waals surface area contributed by atoms with Gasteiger partial charge in [-0.05, 0) is 49.4 Å². The number of piperazine rings is 1. The molecular formula is C28H48N4O5S3. The maximum absolute atomic E-state index is 13.6. The molecule has 0 aromatic heterocycles. The highest BCUT2D eigenvalue weighted by molar-refractivity contribution is 7.59. The predicted octanol–water partition coefficient (Wildman–Crippen LogP) is 2.28. The summed E-state index contributed by atoms with van der Waals surface area (Å²) in [5.74, 6) is -0.470. The first kappa shape index (κ1) is 36.6. The lowest BCUT2D eigenvalue weighted by molar-refractivity contribution is -0.138. The number of carbonyl (C=O) groups is 3. The molecule has 12 heteroatoms. The number of methoxy groups -OCH3 is 1. The molecule has 1 saturated carbocycles. The van der Waals surface area contributed by atoms with Crippen molar-refractivity contribution >= 4 is 63.8 Å². The topological polar surface area (TPSA) is 91.4 Å². The number of ether oxygens (including phenoxy) is 2. The first-order valence-electron chi connectivity index (χ1n) is 13.2. The Morgan fingerprint density at radius 1 is 1.05 bits per heavy atom. The number of benzene rings is 1. The van der Waals surface area contributed by atoms with Gasteiger partial charge < -0.3 is 24.6 Å². The number of likely N-dealkylation sites (tertiary alicyclic amines) is 1. The van der Waals surface area contributed by atoms with E-state index in [2.05, 4.69) is 15.1 Å². The summed E-state index contributed by atoms with van der Waals surface area (Å²) in [6, 6.07) is 7.07. The van der Waals surface area contributed by atoms with Crippen molar-refractivity contribution in [3.8, 4) is 0 Å². The summed E-state index contributed by atoms with van der Waals surface area (Å²) >= 11 is 0. The molecule has 4 aliphatic rings. The van der Waals surface area contributed by atoms with E-state index >= 15 is 0 Å². The van der Waals surface area contributed by atoms with Crippen LogP contribution in [0.2, 0.25) is 0 Å². The van der Waals surface area contributed by atoms with Crippen molar-refractivity contribution in [2.24, 2.45) is 5.92 Å². The quantitative estimate of drug-likeness (QED) is 0.479. The maximum atomic E-state index is 13.6. The van der Waals surface area contributed by atoms with Crippen LogP contribution in [-0.4, -0.2) is 104 Å². The Balaban J connectivity index is 0.00000200. The van der Waals surface area contributed by atoms with Gasteiger partial charge in [-0.1, -0.05) is 21.3 Å². The molecule has 228 valence electrons. The number of nitrogens with one attached hydrogen (secondary N) is 1. The highest BCUT2D eigenvalue weighted by Gasteiger charge is 2.53. The zero-order valence-corrected chi connectivity index (χ0v) is 26.0. The number of fused-ring (bicyclic) bond motifs is 1. The van der Waals surface area contributed by atoms with Gasteiger partial charge >= 0.3 is 0 Å². The average Bonchev–Trinajstić information content (AvgIpc) is 3.57. The van der Waals surface area contributed by atoms with Crippen LogP contribution >= 0.6 is 40.5 Å². The normalized spacial score (nSPS) is 24.7. The number of ketones is 1. The second-order valence-electron chi connectivity index (χ2n) is 10.9. The van der Waals surface area contributed by atoms with Gasteiger partial charge in [0.05, 0.1) is 6.54 Å². The number of hydrogen-bond acceptors (Lipinski definition) is 7. The zero-order chi connectivity index (χ0) is 25.4. The molecule has 1 aromatic carbocycles. The number of rotatable bonds is 8. The van der Waals surface area contributed by atoms with Gasteiger partial charge in [0.1, 0.15) is 30.9 Å². The van der Waals surface area contributed by atoms with E-state index in [9.17, 15) is 14.4 Å². The fourth-order valence-electron chi connectivity index (χ4n) is 5.79. The molecule has 2 amide bonds. The van der Waals surface area contributed by atoms with Crippen molar-refractivity contribution in [3.63, 3.8) is 0 Å². The minimum absolute atomic E-state index is 0. The van der Waals surface area contributed by atoms with E-state index in [4.69, 9.17) is 9.47 Å². The van der Waals surface area contributed by atoms with Gasteiger partial charge in [0.15, 0.2) is 5.78 Å². The third kappa shape index (κ3) is 7.89. The molecule has 4 atom stereocenters. The van der Waals surface area contributed by atoms with Crippen molar-refractivity contribution in [2.45, 2.75) is 70.9 Å². The first-order valence-corrected chi connectivity index (χ1v) is 13.2. The number of Topliss-reactive ketones (excluding diaryl/α,β-unsaturated/α-hetero) is 1. The largest absolute Gasteiger partial charge is 0.377 e. The van der Waals surface area contributed by atoms with Crippen LogP contribution in [0.25, 0.3) is 0 Å². The molecule has 1 aromatic rings. The zero-order valence-electron chi connectivity index (χ0n) is 23.0. The van der Waals surface area contributed by atoms with Gasteiger partial charge in [0.2, 0.25) is 5.91 Å². The average molecular weight is 617 g/mol. The molecule has 3 saturated heterocycles. The monoisotopic (exact) mass is 616 g/mol. The van der Waals surface area contributed by atoms with Crippen molar-refractivity contribution in [2.75, 3.05) is 51.3 Å². The van der Waals surface area contributed by atoms with Crippen molar-refractivity contribution in [1.82, 2.24) is 15.1 Å². The molecule has 1 aliphatic carbocycles. The highest BCUT2D eigenvalue weighted by atomic mass is 32.1. The van der Waals surface area contributed by atoms with Gasteiger partial charge in [-0.25, -0.2) is 0 Å². The number of anilines is 1. The van der Waals surface area contributed by atoms with E-state index in [1.165, 1.54) is 12.8 Å². The fraction of sp³-hybridized carbons (Fsp3) is 0.679. The van der Waals surface area contributed by atoms with Crippen LogP contribution in [-0.2, 0) is 19.1 Å². The van der Waals surface area contributed by atoms with Gasteiger partial charge in [0, 0.05) is 50.6 Å². The van der Waals surface area contributed by atoms with Gasteiger partial charge in [-0.2, -0.15) is 40.5 Å². The summed E-state index contributed by atoms with van der Waals surface area (Å²) < 4.78 is 11.1. The minimum Gasteiger partial charge on any atom is -0.377 e. The standard InChI is InChI=1S/C27H38N4O5.CH4.3H2S/c1-17(2)14-21(27(34)31-15-23(35-3)25-24(31)22(32)16-36-25)28-26(33)18-4-6-19(7-5-18)29-10-12-30(13-11-29)20-8-9-20;;;;/h4-7,17,20-21,23-25H,8-16H2,1-3H3,(H,28,33);1H4;3*1H2/t21-,23+,24+,25+;;;;/m0..../s1. The Hall–Kier alpha value is -1.44. The van der Waals surface area contributed by atoms with Crippen molar-refractivity contribution in [1.29, 1.82) is 0 Å². The number of hydrogen-bond donors (Lipinski definition) is 1. The van der Waals surface area contributed by atoms with E-state index in [-0.39, 0.29) is 90.7 Å². The van der Waals surface area contributed by atoms with Crippen molar-refractivity contribution in [3.05, 3.63) is 29.8 Å². The summed E-state index contributed by atoms with van der Waals surface area (Å²) in [5.41, 5.74) is 1.64. The Bertz CT molecular complexity index is 987. The van der Waals surface area contributed by atoms with Gasteiger partial charge in [-0.3, -0.25) is 19.3 Å². The molecule has 4 fully saturated rings. The summed E-state index contributed by atoms with van der Waals surface area (Å²) in [7, 11) is 1.56. The number of amides is 2. The van der Waals surface area contributed by atoms with E-state index in [0.29, 0.717) is 12.0 Å². The van der Waals surface area contributed by atoms with Crippen molar-refractivity contribution < 1.29 is 23.9 Å². The fourth-order valence-corrected chi connectivity index (χ4v) is 5.79. The Labute approximate surface area is 260 Å². The van der Waals surface area contributed by atoms with E-state index in [0.717, 1.165) is 37.9 Å². The second kappa shape index (κ2) is 15.7. The number of nitrogens with zero attached hydrogens (tertiary/aromatic N) is 3. The molecule has 3 aliphatic heterocycles. The molecule has 0 bridgehead atoms. The minimum atomic E-state index is -0.725.